The van der Waals surface area contributed by atoms with Gasteiger partial charge in [-0.15, -0.1) is 10.2 Å². The Hall–Kier alpha value is -3.16. The van der Waals surface area contributed by atoms with E-state index in [-0.39, 0.29) is 17.7 Å². The average molecular weight is 384 g/mol. The van der Waals surface area contributed by atoms with Crippen LogP contribution < -0.4 is 10.6 Å². The van der Waals surface area contributed by atoms with Gasteiger partial charge in [-0.3, -0.25) is 4.79 Å². The third-order valence-electron chi connectivity index (χ3n) is 3.94. The zero-order valence-corrected chi connectivity index (χ0v) is 16.2. The Morgan fingerprint density at radius 1 is 1.25 bits per heavy atom. The predicted molar refractivity (Wildman–Crippen MR) is 103 cm³/mol. The minimum Gasteiger partial charge on any atom is -0.444 e. The van der Waals surface area contributed by atoms with E-state index in [4.69, 9.17) is 9.15 Å². The van der Waals surface area contributed by atoms with Crippen LogP contribution in [0.25, 0.3) is 11.5 Å². The van der Waals surface area contributed by atoms with E-state index in [0.29, 0.717) is 30.5 Å². The highest BCUT2D eigenvalue weighted by atomic mass is 16.6. The van der Waals surface area contributed by atoms with Gasteiger partial charge in [-0.25, -0.2) is 4.79 Å². The van der Waals surface area contributed by atoms with Crippen molar-refractivity contribution in [2.45, 2.75) is 51.7 Å². The van der Waals surface area contributed by atoms with E-state index in [0.717, 1.165) is 0 Å². The topological polar surface area (TPSA) is 106 Å². The summed E-state index contributed by atoms with van der Waals surface area (Å²) in [7, 11) is 0. The minimum absolute atomic E-state index is 0.0977. The number of amides is 2. The second kappa shape index (κ2) is 8.24. The molecule has 2 aromatic rings. The summed E-state index contributed by atoms with van der Waals surface area (Å²) < 4.78 is 11.2. The van der Waals surface area contributed by atoms with E-state index in [1.807, 2.05) is 24.3 Å². The number of alkyl carbamates (subject to hydrolysis) is 1. The Balaban J connectivity index is 1.91. The van der Waals surface area contributed by atoms with Crippen molar-refractivity contribution in [2.75, 3.05) is 5.32 Å². The number of ether oxygens (including phenoxy) is 1. The molecule has 2 bridgehead atoms. The summed E-state index contributed by atoms with van der Waals surface area (Å²) in [6.45, 7) is 5.38. The standard InChI is InChI=1S/C20H24N4O4/c1-20(2,3)28-19(26)22-15-11-5-4-6-12-16(25)21-14-10-8-7-9-13(14)17-23-24-18(15)27-17/h4-5,7-10,15H,6,11-12H2,1-3H3,(H,21,25)(H,22,26)/b5-4+/t15-/m0/s1. The highest BCUT2D eigenvalue weighted by Crippen LogP contribution is 2.29. The minimum atomic E-state index is -0.617. The molecule has 1 atom stereocenters. The molecule has 1 aliphatic heterocycles. The number of carbonyl (C=O) groups excluding carboxylic acids is 2. The number of carbonyl (C=O) groups is 2. The van der Waals surface area contributed by atoms with Crippen LogP contribution in [-0.2, 0) is 9.53 Å². The SMILES string of the molecule is CC(C)(C)OC(=O)N[C@H]1C/C=C/CCC(=O)Nc2ccccc2-c2nnc1o2. The Kier molecular flexibility index (Phi) is 5.77. The van der Waals surface area contributed by atoms with Crippen molar-refractivity contribution in [2.24, 2.45) is 0 Å². The summed E-state index contributed by atoms with van der Waals surface area (Å²) in [5, 5.41) is 13.9. The molecule has 0 fully saturated rings. The van der Waals surface area contributed by atoms with Crippen molar-refractivity contribution in [3.63, 3.8) is 0 Å². The second-order valence-electron chi connectivity index (χ2n) is 7.48. The highest BCUT2D eigenvalue weighted by molar-refractivity contribution is 5.94. The lowest BCUT2D eigenvalue weighted by molar-refractivity contribution is -0.116. The lowest BCUT2D eigenvalue weighted by Crippen LogP contribution is -2.35. The fourth-order valence-electron chi connectivity index (χ4n) is 2.71. The Labute approximate surface area is 163 Å². The summed E-state index contributed by atoms with van der Waals surface area (Å²) in [5.74, 6) is 0.440. The number of aromatic nitrogens is 2. The van der Waals surface area contributed by atoms with Crippen molar-refractivity contribution >= 4 is 17.7 Å². The molecule has 1 aromatic heterocycles. The van der Waals surface area contributed by atoms with Crippen LogP contribution >= 0.6 is 0 Å². The van der Waals surface area contributed by atoms with Gasteiger partial charge in [0.2, 0.25) is 17.7 Å². The maximum Gasteiger partial charge on any atom is 0.408 e. The van der Waals surface area contributed by atoms with Gasteiger partial charge in [-0.2, -0.15) is 0 Å². The maximum absolute atomic E-state index is 12.2. The summed E-state index contributed by atoms with van der Waals surface area (Å²) in [4.78, 5) is 24.4. The first-order valence-electron chi connectivity index (χ1n) is 9.19. The van der Waals surface area contributed by atoms with Crippen LogP contribution in [0.5, 0.6) is 0 Å². The van der Waals surface area contributed by atoms with E-state index in [1.165, 1.54) is 0 Å². The maximum atomic E-state index is 12.2. The molecule has 8 heteroatoms. The first-order valence-corrected chi connectivity index (χ1v) is 9.19. The van der Waals surface area contributed by atoms with Crippen LogP contribution in [0.1, 0.15) is 52.0 Å². The molecule has 0 radical (unpaired) electrons. The number of hydrogen-bond acceptors (Lipinski definition) is 6. The fourth-order valence-corrected chi connectivity index (χ4v) is 2.71. The molecule has 0 saturated carbocycles. The fraction of sp³-hybridized carbons (Fsp3) is 0.400. The molecule has 1 aromatic carbocycles. The molecule has 2 amide bonds. The monoisotopic (exact) mass is 384 g/mol. The van der Waals surface area contributed by atoms with Crippen molar-refractivity contribution < 1.29 is 18.7 Å². The number of fused-ring (bicyclic) bond motifs is 4. The van der Waals surface area contributed by atoms with Gasteiger partial charge in [-0.05, 0) is 45.7 Å². The van der Waals surface area contributed by atoms with Gasteiger partial charge in [0.1, 0.15) is 11.6 Å². The van der Waals surface area contributed by atoms with Gasteiger partial charge in [0.05, 0.1) is 11.3 Å². The molecule has 0 unspecified atom stereocenters. The van der Waals surface area contributed by atoms with Crippen molar-refractivity contribution in [3.05, 3.63) is 42.3 Å². The van der Waals surface area contributed by atoms with Crippen LogP contribution in [0.3, 0.4) is 0 Å². The largest absolute Gasteiger partial charge is 0.444 e. The summed E-state index contributed by atoms with van der Waals surface area (Å²) in [5.41, 5.74) is 0.606. The van der Waals surface area contributed by atoms with Gasteiger partial charge in [0, 0.05) is 6.42 Å². The molecule has 148 valence electrons. The molecule has 2 heterocycles. The third-order valence-corrected chi connectivity index (χ3v) is 3.94. The lowest BCUT2D eigenvalue weighted by atomic mass is 10.1. The van der Waals surface area contributed by atoms with Gasteiger partial charge in [0.15, 0.2) is 0 Å². The average Bonchev–Trinajstić information content (AvgIpc) is 3.08. The normalized spacial score (nSPS) is 18.5. The molecule has 28 heavy (non-hydrogen) atoms. The smallest absolute Gasteiger partial charge is 0.408 e. The quantitative estimate of drug-likeness (QED) is 0.720. The number of nitrogens with zero attached hydrogens (tertiary/aromatic N) is 2. The lowest BCUT2D eigenvalue weighted by Gasteiger charge is -2.21. The van der Waals surface area contributed by atoms with E-state index >= 15 is 0 Å². The van der Waals surface area contributed by atoms with Crippen molar-refractivity contribution in [1.82, 2.24) is 15.5 Å². The van der Waals surface area contributed by atoms with Gasteiger partial charge < -0.3 is 19.8 Å². The molecule has 8 nitrogen and oxygen atoms in total. The highest BCUT2D eigenvalue weighted by Gasteiger charge is 2.25. The zero-order valence-electron chi connectivity index (χ0n) is 16.2. The summed E-state index contributed by atoms with van der Waals surface area (Å²) >= 11 is 0. The Morgan fingerprint density at radius 3 is 2.82 bits per heavy atom. The molecule has 0 saturated heterocycles. The van der Waals surface area contributed by atoms with E-state index in [2.05, 4.69) is 20.8 Å². The predicted octanol–water partition coefficient (Wildman–Crippen LogP) is 3.98. The summed E-state index contributed by atoms with van der Waals surface area (Å²) in [6.07, 6.45) is 4.58. The number of hydrogen-bond donors (Lipinski definition) is 2. The first kappa shape index (κ1) is 19.6. The first-order chi connectivity index (χ1) is 13.3. The van der Waals surface area contributed by atoms with Crippen molar-refractivity contribution in [3.8, 4) is 11.5 Å². The molecule has 0 aliphatic carbocycles. The third kappa shape index (κ3) is 5.18. The van der Waals surface area contributed by atoms with E-state index in [1.54, 1.807) is 32.9 Å². The van der Waals surface area contributed by atoms with E-state index in [9.17, 15) is 9.59 Å². The van der Waals surface area contributed by atoms with Crippen LogP contribution in [-0.4, -0.2) is 27.8 Å². The van der Waals surface area contributed by atoms with E-state index < -0.39 is 17.7 Å². The number of allylic oxidation sites excluding steroid dienone is 1. The number of nitrogens with one attached hydrogen (secondary N) is 2. The Morgan fingerprint density at radius 2 is 2.04 bits per heavy atom. The van der Waals surface area contributed by atoms with Crippen LogP contribution in [0.15, 0.2) is 40.8 Å². The Bertz CT molecular complexity index is 882. The van der Waals surface area contributed by atoms with Gasteiger partial charge in [-0.1, -0.05) is 24.3 Å². The molecule has 1 aliphatic rings. The molecular weight excluding hydrogens is 360 g/mol. The number of rotatable bonds is 1. The molecule has 0 spiro atoms. The van der Waals surface area contributed by atoms with Crippen molar-refractivity contribution in [1.29, 1.82) is 0 Å². The number of benzene rings is 1. The zero-order chi connectivity index (χ0) is 20.1. The summed E-state index contributed by atoms with van der Waals surface area (Å²) in [6, 6.07) is 6.68. The number of anilines is 1. The van der Waals surface area contributed by atoms with Gasteiger partial charge >= 0.3 is 6.09 Å². The van der Waals surface area contributed by atoms with Crippen LogP contribution in [0.4, 0.5) is 10.5 Å². The molecular formula is C20H24N4O4. The molecule has 2 N–H and O–H groups in total. The van der Waals surface area contributed by atoms with Gasteiger partial charge in [0.25, 0.3) is 0 Å². The van der Waals surface area contributed by atoms with Crippen LogP contribution in [0.2, 0.25) is 0 Å². The number of para-hydroxylation sites is 1. The van der Waals surface area contributed by atoms with Crippen LogP contribution in [0, 0.1) is 0 Å². The second-order valence-corrected chi connectivity index (χ2v) is 7.48. The molecule has 3 rings (SSSR count).